The van der Waals surface area contributed by atoms with E-state index >= 15 is 0 Å². The molecular formula is C22H25FN6O2. The van der Waals surface area contributed by atoms with Crippen molar-refractivity contribution in [3.63, 3.8) is 0 Å². The van der Waals surface area contributed by atoms with Crippen LogP contribution >= 0.6 is 0 Å². The summed E-state index contributed by atoms with van der Waals surface area (Å²) in [6, 6.07) is 6.17. The SMILES string of the molecule is O=C(Nc1ccc(F)c(-c2ccn3c(N4CCCOCC4)cnc3n2)c1)N1CCCC1. The van der Waals surface area contributed by atoms with E-state index in [4.69, 9.17) is 4.74 Å². The highest BCUT2D eigenvalue weighted by molar-refractivity contribution is 5.90. The van der Waals surface area contributed by atoms with Crippen LogP contribution in [0.2, 0.25) is 0 Å². The van der Waals surface area contributed by atoms with E-state index in [0.717, 1.165) is 57.9 Å². The summed E-state index contributed by atoms with van der Waals surface area (Å²) in [5.41, 5.74) is 1.34. The molecule has 0 aliphatic carbocycles. The average molecular weight is 424 g/mol. The van der Waals surface area contributed by atoms with Gasteiger partial charge in [0.05, 0.1) is 18.5 Å². The maximum Gasteiger partial charge on any atom is 0.321 e. The molecule has 5 rings (SSSR count). The Kier molecular flexibility index (Phi) is 5.42. The number of carbonyl (C=O) groups excluding carboxylic acids is 1. The molecule has 2 fully saturated rings. The molecule has 8 nitrogen and oxygen atoms in total. The number of ether oxygens (including phenoxy) is 1. The van der Waals surface area contributed by atoms with Crippen molar-refractivity contribution in [2.24, 2.45) is 0 Å². The van der Waals surface area contributed by atoms with Crippen molar-refractivity contribution in [3.8, 4) is 11.3 Å². The predicted octanol–water partition coefficient (Wildman–Crippen LogP) is 3.39. The lowest BCUT2D eigenvalue weighted by Gasteiger charge is -2.20. The van der Waals surface area contributed by atoms with Gasteiger partial charge in [0.25, 0.3) is 0 Å². The lowest BCUT2D eigenvalue weighted by molar-refractivity contribution is 0.152. The number of urea groups is 1. The lowest BCUT2D eigenvalue weighted by atomic mass is 10.1. The number of hydrogen-bond donors (Lipinski definition) is 1. The minimum absolute atomic E-state index is 0.155. The monoisotopic (exact) mass is 424 g/mol. The van der Waals surface area contributed by atoms with Crippen molar-refractivity contribution in [2.75, 3.05) is 49.6 Å². The number of nitrogens with one attached hydrogen (secondary N) is 1. The molecular weight excluding hydrogens is 399 g/mol. The maximum absolute atomic E-state index is 14.6. The van der Waals surface area contributed by atoms with E-state index in [1.54, 1.807) is 29.3 Å². The summed E-state index contributed by atoms with van der Waals surface area (Å²) in [5.74, 6) is 1.06. The Labute approximate surface area is 179 Å². The molecule has 9 heteroatoms. The molecule has 4 heterocycles. The summed E-state index contributed by atoms with van der Waals surface area (Å²) < 4.78 is 22.1. The molecule has 0 radical (unpaired) electrons. The Morgan fingerprint density at radius 2 is 1.94 bits per heavy atom. The number of amides is 2. The quantitative estimate of drug-likeness (QED) is 0.698. The Bertz CT molecular complexity index is 1090. The first-order valence-electron chi connectivity index (χ1n) is 10.7. The molecule has 3 aromatic rings. The van der Waals surface area contributed by atoms with Crippen LogP contribution in [0.4, 0.5) is 20.7 Å². The summed E-state index contributed by atoms with van der Waals surface area (Å²) in [4.78, 5) is 25.4. The van der Waals surface area contributed by atoms with E-state index in [0.29, 0.717) is 29.3 Å². The third-order valence-electron chi connectivity index (χ3n) is 5.79. The number of imidazole rings is 1. The first-order valence-corrected chi connectivity index (χ1v) is 10.7. The smallest absolute Gasteiger partial charge is 0.321 e. The van der Waals surface area contributed by atoms with Gasteiger partial charge in [-0.15, -0.1) is 0 Å². The van der Waals surface area contributed by atoms with E-state index in [1.165, 1.54) is 6.07 Å². The number of halogens is 1. The fourth-order valence-corrected chi connectivity index (χ4v) is 4.14. The first kappa shape index (κ1) is 19.7. The van der Waals surface area contributed by atoms with Crippen LogP contribution in [0.5, 0.6) is 0 Å². The summed E-state index contributed by atoms with van der Waals surface area (Å²) >= 11 is 0. The zero-order valence-corrected chi connectivity index (χ0v) is 17.3. The first-order chi connectivity index (χ1) is 15.2. The van der Waals surface area contributed by atoms with Crippen molar-refractivity contribution >= 4 is 23.3 Å². The van der Waals surface area contributed by atoms with E-state index in [2.05, 4.69) is 20.2 Å². The van der Waals surface area contributed by atoms with Crippen LogP contribution in [0.25, 0.3) is 17.0 Å². The highest BCUT2D eigenvalue weighted by Gasteiger charge is 2.19. The van der Waals surface area contributed by atoms with Crippen molar-refractivity contribution < 1.29 is 13.9 Å². The number of aromatic nitrogens is 3. The van der Waals surface area contributed by atoms with Gasteiger partial charge in [0.2, 0.25) is 5.78 Å². The van der Waals surface area contributed by atoms with Crippen LogP contribution in [0.1, 0.15) is 19.3 Å². The molecule has 2 aliphatic rings. The van der Waals surface area contributed by atoms with Crippen molar-refractivity contribution in [1.29, 1.82) is 0 Å². The Balaban J connectivity index is 1.41. The van der Waals surface area contributed by atoms with E-state index < -0.39 is 5.82 Å². The standard InChI is InChI=1S/C22H25FN6O2/c23-18-5-4-16(25-22(30)28-7-1-2-8-28)14-17(18)19-6-10-29-20(15-24-21(29)26-19)27-9-3-12-31-13-11-27/h4-6,10,14-15H,1-3,7-9,11-13H2,(H,25,30). The van der Waals surface area contributed by atoms with Gasteiger partial charge >= 0.3 is 6.03 Å². The number of rotatable bonds is 3. The third kappa shape index (κ3) is 4.05. The molecule has 1 N–H and O–H groups in total. The molecule has 0 spiro atoms. The lowest BCUT2D eigenvalue weighted by Crippen LogP contribution is -2.32. The normalized spacial score (nSPS) is 17.2. The number of anilines is 2. The largest absolute Gasteiger partial charge is 0.380 e. The molecule has 2 aliphatic heterocycles. The number of nitrogens with zero attached hydrogens (tertiary/aromatic N) is 5. The van der Waals surface area contributed by atoms with Crippen LogP contribution in [-0.4, -0.2) is 64.7 Å². The Morgan fingerprint density at radius 3 is 2.81 bits per heavy atom. The number of carbonyl (C=O) groups is 1. The van der Waals surface area contributed by atoms with Crippen LogP contribution < -0.4 is 10.2 Å². The van der Waals surface area contributed by atoms with Crippen molar-refractivity contribution in [3.05, 3.63) is 42.5 Å². The van der Waals surface area contributed by atoms with Crippen LogP contribution in [0, 0.1) is 5.82 Å². The van der Waals surface area contributed by atoms with E-state index in [9.17, 15) is 9.18 Å². The van der Waals surface area contributed by atoms with Crippen molar-refractivity contribution in [1.82, 2.24) is 19.3 Å². The number of benzene rings is 1. The maximum atomic E-state index is 14.6. The van der Waals surface area contributed by atoms with Crippen LogP contribution in [0.3, 0.4) is 0 Å². The van der Waals surface area contributed by atoms with Gasteiger partial charge in [0, 0.05) is 50.2 Å². The zero-order chi connectivity index (χ0) is 21.2. The summed E-state index contributed by atoms with van der Waals surface area (Å²) in [7, 11) is 0. The second-order valence-electron chi connectivity index (χ2n) is 7.87. The summed E-state index contributed by atoms with van der Waals surface area (Å²) in [6.45, 7) is 4.64. The molecule has 162 valence electrons. The van der Waals surface area contributed by atoms with Gasteiger partial charge in [-0.3, -0.25) is 4.40 Å². The fraction of sp³-hybridized carbons (Fsp3) is 0.409. The molecule has 2 amide bonds. The molecule has 31 heavy (non-hydrogen) atoms. The molecule has 1 aromatic carbocycles. The molecule has 0 atom stereocenters. The van der Waals surface area contributed by atoms with Crippen molar-refractivity contribution in [2.45, 2.75) is 19.3 Å². The van der Waals surface area contributed by atoms with Gasteiger partial charge in [-0.2, -0.15) is 0 Å². The minimum atomic E-state index is -0.396. The molecule has 2 saturated heterocycles. The van der Waals surface area contributed by atoms with Gasteiger partial charge in [0.15, 0.2) is 0 Å². The number of likely N-dealkylation sites (tertiary alicyclic amines) is 1. The van der Waals surface area contributed by atoms with Gasteiger partial charge in [-0.1, -0.05) is 0 Å². The minimum Gasteiger partial charge on any atom is -0.380 e. The van der Waals surface area contributed by atoms with E-state index in [-0.39, 0.29) is 6.03 Å². The molecule has 0 bridgehead atoms. The zero-order valence-electron chi connectivity index (χ0n) is 17.3. The number of fused-ring (bicyclic) bond motifs is 1. The van der Waals surface area contributed by atoms with Crippen LogP contribution in [0.15, 0.2) is 36.7 Å². The predicted molar refractivity (Wildman–Crippen MR) is 116 cm³/mol. The topological polar surface area (TPSA) is 75.0 Å². The second-order valence-corrected chi connectivity index (χ2v) is 7.87. The third-order valence-corrected chi connectivity index (χ3v) is 5.79. The second kappa shape index (κ2) is 8.50. The molecule has 0 saturated carbocycles. The van der Waals surface area contributed by atoms with Crippen LogP contribution in [-0.2, 0) is 4.74 Å². The highest BCUT2D eigenvalue weighted by Crippen LogP contribution is 2.27. The number of hydrogen-bond acceptors (Lipinski definition) is 5. The summed E-state index contributed by atoms with van der Waals surface area (Å²) in [6.07, 6.45) is 6.65. The Morgan fingerprint density at radius 1 is 1.06 bits per heavy atom. The molecule has 0 unspecified atom stereocenters. The summed E-state index contributed by atoms with van der Waals surface area (Å²) in [5, 5.41) is 2.86. The van der Waals surface area contributed by atoms with Gasteiger partial charge in [0.1, 0.15) is 11.6 Å². The highest BCUT2D eigenvalue weighted by atomic mass is 19.1. The van der Waals surface area contributed by atoms with Gasteiger partial charge in [-0.25, -0.2) is 19.2 Å². The van der Waals surface area contributed by atoms with Gasteiger partial charge in [-0.05, 0) is 43.5 Å². The van der Waals surface area contributed by atoms with E-state index in [1.807, 2.05) is 10.6 Å². The fourth-order valence-electron chi connectivity index (χ4n) is 4.14. The van der Waals surface area contributed by atoms with Gasteiger partial charge < -0.3 is 19.9 Å². The average Bonchev–Trinajstić information content (AvgIpc) is 3.39. The molecule has 2 aromatic heterocycles. The Hall–Kier alpha value is -3.20.